The summed E-state index contributed by atoms with van der Waals surface area (Å²) in [5.74, 6) is 0.0236. The van der Waals surface area contributed by atoms with E-state index < -0.39 is 0 Å². The molecule has 0 aliphatic heterocycles. The van der Waals surface area contributed by atoms with Crippen LogP contribution in [0.1, 0.15) is 24.1 Å². The van der Waals surface area contributed by atoms with Crippen molar-refractivity contribution in [1.29, 1.82) is 0 Å². The third-order valence-electron chi connectivity index (χ3n) is 4.41. The molecule has 2 aromatic carbocycles. The summed E-state index contributed by atoms with van der Waals surface area (Å²) in [6.07, 6.45) is 0. The zero-order valence-corrected chi connectivity index (χ0v) is 14.6. The Bertz CT molecular complexity index is 591. The highest BCUT2D eigenvalue weighted by molar-refractivity contribution is 5.79. The van der Waals surface area contributed by atoms with Crippen molar-refractivity contribution in [3.05, 3.63) is 71.8 Å². The Morgan fingerprint density at radius 2 is 1.42 bits per heavy atom. The second kappa shape index (κ2) is 8.62. The lowest BCUT2D eigenvalue weighted by Gasteiger charge is -2.32. The number of carbonyl (C=O) groups excluding carboxylic acids is 1. The molecule has 0 aliphatic rings. The molecule has 0 bridgehead atoms. The van der Waals surface area contributed by atoms with Crippen molar-refractivity contribution < 1.29 is 9.90 Å². The molecule has 0 heterocycles. The number of likely N-dealkylation sites (N-methyl/N-ethyl adjacent to an activating group) is 2. The van der Waals surface area contributed by atoms with E-state index >= 15 is 0 Å². The second-order valence-corrected chi connectivity index (χ2v) is 6.18. The first kappa shape index (κ1) is 18.2. The lowest BCUT2D eigenvalue weighted by molar-refractivity contribution is -0.132. The largest absolute Gasteiger partial charge is 0.395 e. The molecule has 1 atom stereocenters. The van der Waals surface area contributed by atoms with Crippen molar-refractivity contribution in [2.75, 3.05) is 27.2 Å². The molecule has 0 aromatic heterocycles. The minimum Gasteiger partial charge on any atom is -0.395 e. The third-order valence-corrected chi connectivity index (χ3v) is 4.41. The number of nitrogens with zero attached hydrogens (tertiary/aromatic N) is 2. The molecule has 2 aromatic rings. The van der Waals surface area contributed by atoms with Crippen LogP contribution in [0.5, 0.6) is 0 Å². The molecule has 24 heavy (non-hydrogen) atoms. The fourth-order valence-electron chi connectivity index (χ4n) is 2.67. The molecule has 1 amide bonds. The van der Waals surface area contributed by atoms with Crippen molar-refractivity contribution in [1.82, 2.24) is 9.80 Å². The molecule has 4 heteroatoms. The van der Waals surface area contributed by atoms with Gasteiger partial charge in [-0.3, -0.25) is 9.69 Å². The zero-order valence-electron chi connectivity index (χ0n) is 14.6. The second-order valence-electron chi connectivity index (χ2n) is 6.18. The van der Waals surface area contributed by atoms with E-state index in [1.807, 2.05) is 86.6 Å². The molecule has 1 unspecified atom stereocenters. The maximum atomic E-state index is 12.8. The predicted molar refractivity (Wildman–Crippen MR) is 96.7 cm³/mol. The highest BCUT2D eigenvalue weighted by Gasteiger charge is 2.24. The van der Waals surface area contributed by atoms with Gasteiger partial charge < -0.3 is 10.0 Å². The van der Waals surface area contributed by atoms with Gasteiger partial charge in [-0.05, 0) is 25.1 Å². The van der Waals surface area contributed by atoms with E-state index in [4.69, 9.17) is 0 Å². The quantitative estimate of drug-likeness (QED) is 0.850. The minimum atomic E-state index is -0.127. The van der Waals surface area contributed by atoms with E-state index in [0.717, 1.165) is 11.1 Å². The molecular weight excluding hydrogens is 300 g/mol. The van der Waals surface area contributed by atoms with E-state index in [2.05, 4.69) is 0 Å². The Labute approximate surface area is 144 Å². The van der Waals surface area contributed by atoms with Gasteiger partial charge in [-0.2, -0.15) is 0 Å². The topological polar surface area (TPSA) is 43.8 Å². The maximum Gasteiger partial charge on any atom is 0.237 e. The van der Waals surface area contributed by atoms with Crippen LogP contribution in [0, 0.1) is 0 Å². The smallest absolute Gasteiger partial charge is 0.237 e. The number of aliphatic hydroxyl groups excluding tert-OH is 1. The number of carbonyl (C=O) groups is 1. The Kier molecular flexibility index (Phi) is 6.53. The van der Waals surface area contributed by atoms with Gasteiger partial charge in [0.25, 0.3) is 0 Å². The summed E-state index contributed by atoms with van der Waals surface area (Å²) in [6.45, 7) is 2.21. The van der Waals surface area contributed by atoms with Crippen LogP contribution in [0.4, 0.5) is 0 Å². The summed E-state index contributed by atoms with van der Waals surface area (Å²) in [7, 11) is 3.69. The van der Waals surface area contributed by atoms with Crippen LogP contribution in [0.2, 0.25) is 0 Å². The summed E-state index contributed by atoms with van der Waals surface area (Å²) < 4.78 is 0. The fourth-order valence-corrected chi connectivity index (χ4v) is 2.67. The first-order valence-electron chi connectivity index (χ1n) is 8.21. The van der Waals surface area contributed by atoms with Gasteiger partial charge in [0, 0.05) is 13.1 Å². The van der Waals surface area contributed by atoms with E-state index in [1.54, 1.807) is 4.90 Å². The molecule has 2 rings (SSSR count). The zero-order chi connectivity index (χ0) is 17.5. The van der Waals surface area contributed by atoms with Gasteiger partial charge in [-0.1, -0.05) is 60.7 Å². The van der Waals surface area contributed by atoms with E-state index in [9.17, 15) is 9.90 Å². The molecule has 0 radical (unpaired) electrons. The SMILES string of the molecule is CC(CO)N(C)CC(=O)N(C)C(c1ccccc1)c1ccccc1. The summed E-state index contributed by atoms with van der Waals surface area (Å²) in [5.41, 5.74) is 2.16. The lowest BCUT2D eigenvalue weighted by atomic mass is 9.97. The van der Waals surface area contributed by atoms with Crippen molar-refractivity contribution in [3.8, 4) is 0 Å². The molecule has 0 saturated carbocycles. The Balaban J connectivity index is 2.25. The first-order valence-corrected chi connectivity index (χ1v) is 8.21. The number of hydrogen-bond donors (Lipinski definition) is 1. The molecule has 0 saturated heterocycles. The van der Waals surface area contributed by atoms with Crippen molar-refractivity contribution in [2.24, 2.45) is 0 Å². The molecule has 4 nitrogen and oxygen atoms in total. The molecule has 1 N–H and O–H groups in total. The van der Waals surface area contributed by atoms with Gasteiger partial charge in [0.1, 0.15) is 0 Å². The normalized spacial score (nSPS) is 12.4. The van der Waals surface area contributed by atoms with Gasteiger partial charge in [0.15, 0.2) is 0 Å². The summed E-state index contributed by atoms with van der Waals surface area (Å²) in [6, 6.07) is 19.9. The number of hydrogen-bond acceptors (Lipinski definition) is 3. The average Bonchev–Trinajstić information content (AvgIpc) is 2.62. The van der Waals surface area contributed by atoms with Crippen LogP contribution in [0.3, 0.4) is 0 Å². The van der Waals surface area contributed by atoms with Gasteiger partial charge in [0.05, 0.1) is 19.2 Å². The molecule has 0 spiro atoms. The molecule has 128 valence electrons. The van der Waals surface area contributed by atoms with Crippen LogP contribution < -0.4 is 0 Å². The maximum absolute atomic E-state index is 12.8. The van der Waals surface area contributed by atoms with E-state index in [-0.39, 0.29) is 31.1 Å². The van der Waals surface area contributed by atoms with Gasteiger partial charge in [0.2, 0.25) is 5.91 Å². The highest BCUT2D eigenvalue weighted by atomic mass is 16.3. The van der Waals surface area contributed by atoms with Crippen molar-refractivity contribution in [2.45, 2.75) is 19.0 Å². The fraction of sp³-hybridized carbons (Fsp3) is 0.350. The standard InChI is InChI=1S/C20H26N2O2/c1-16(15-23)21(2)14-19(24)22(3)20(17-10-6-4-7-11-17)18-12-8-5-9-13-18/h4-13,16,20,23H,14-15H2,1-3H3. The minimum absolute atomic E-state index is 0.0236. The van der Waals surface area contributed by atoms with Crippen LogP contribution in [0.25, 0.3) is 0 Å². The van der Waals surface area contributed by atoms with Crippen LogP contribution in [-0.2, 0) is 4.79 Å². The molecular formula is C20H26N2O2. The first-order chi connectivity index (χ1) is 11.5. The van der Waals surface area contributed by atoms with Gasteiger partial charge in [-0.25, -0.2) is 0 Å². The van der Waals surface area contributed by atoms with Crippen molar-refractivity contribution in [3.63, 3.8) is 0 Å². The number of rotatable bonds is 7. The number of benzene rings is 2. The highest BCUT2D eigenvalue weighted by Crippen LogP contribution is 2.27. The Morgan fingerprint density at radius 3 is 1.83 bits per heavy atom. The number of amides is 1. The Hall–Kier alpha value is -2.17. The monoisotopic (exact) mass is 326 g/mol. The predicted octanol–water partition coefficient (Wildman–Crippen LogP) is 2.55. The summed E-state index contributed by atoms with van der Waals surface area (Å²) in [5, 5.41) is 9.26. The van der Waals surface area contributed by atoms with E-state index in [0.29, 0.717) is 0 Å². The molecule has 0 fully saturated rings. The van der Waals surface area contributed by atoms with Crippen LogP contribution in [0.15, 0.2) is 60.7 Å². The van der Waals surface area contributed by atoms with Crippen LogP contribution >= 0.6 is 0 Å². The average molecular weight is 326 g/mol. The Morgan fingerprint density at radius 1 is 0.958 bits per heavy atom. The van der Waals surface area contributed by atoms with Crippen LogP contribution in [-0.4, -0.2) is 54.1 Å². The van der Waals surface area contributed by atoms with E-state index in [1.165, 1.54) is 0 Å². The summed E-state index contributed by atoms with van der Waals surface area (Å²) in [4.78, 5) is 16.4. The summed E-state index contributed by atoms with van der Waals surface area (Å²) >= 11 is 0. The number of aliphatic hydroxyl groups is 1. The van der Waals surface area contributed by atoms with Gasteiger partial charge >= 0.3 is 0 Å². The van der Waals surface area contributed by atoms with Crippen molar-refractivity contribution >= 4 is 5.91 Å². The molecule has 0 aliphatic carbocycles. The lowest BCUT2D eigenvalue weighted by Crippen LogP contribution is -2.43. The third kappa shape index (κ3) is 4.43. The van der Waals surface area contributed by atoms with Gasteiger partial charge in [-0.15, -0.1) is 0 Å².